The van der Waals surface area contributed by atoms with Crippen molar-refractivity contribution in [2.24, 2.45) is 0 Å². The Morgan fingerprint density at radius 3 is 1.30 bits per heavy atom. The number of carbonyl (C=O) groups excluding carboxylic acids is 2. The molecule has 0 saturated heterocycles. The summed E-state index contributed by atoms with van der Waals surface area (Å²) in [4.78, 5) is 31.9. The Kier molecular flexibility index (Phi) is 6.07. The molecule has 0 atom stereocenters. The molecule has 2 aliphatic heterocycles. The highest BCUT2D eigenvalue weighted by Crippen LogP contribution is 2.47. The first-order valence-corrected chi connectivity index (χ1v) is 12.9. The van der Waals surface area contributed by atoms with Gasteiger partial charge in [0.25, 0.3) is 11.8 Å². The summed E-state index contributed by atoms with van der Waals surface area (Å²) >= 11 is 3.51. The van der Waals surface area contributed by atoms with Gasteiger partial charge in [0.2, 0.25) is 0 Å². The monoisotopic (exact) mass is 546 g/mol. The van der Waals surface area contributed by atoms with E-state index in [0.29, 0.717) is 35.6 Å². The summed E-state index contributed by atoms with van der Waals surface area (Å²) in [6.07, 6.45) is 0. The SMILES string of the molecule is O=C1C2=C(c3ccc(Br)cc3)N(Cc3ccccc3)C(=O)C2=C(c2ccccc2)N1Cc1ccccc1. The third-order valence-electron chi connectivity index (χ3n) is 6.71. The molecule has 6 rings (SSSR count). The number of rotatable bonds is 6. The molecule has 180 valence electrons. The molecule has 0 spiro atoms. The van der Waals surface area contributed by atoms with E-state index < -0.39 is 0 Å². The maximum atomic E-state index is 14.2. The third kappa shape index (κ3) is 4.21. The molecule has 0 radical (unpaired) electrons. The second-order valence-electron chi connectivity index (χ2n) is 9.07. The Balaban J connectivity index is 1.57. The van der Waals surface area contributed by atoms with E-state index in [9.17, 15) is 9.59 Å². The molecule has 0 aromatic heterocycles. The molecule has 4 nitrogen and oxygen atoms in total. The summed E-state index contributed by atoms with van der Waals surface area (Å²) in [5, 5.41) is 0. The van der Waals surface area contributed by atoms with Crippen LogP contribution in [-0.2, 0) is 22.7 Å². The van der Waals surface area contributed by atoms with Crippen molar-refractivity contribution < 1.29 is 9.59 Å². The van der Waals surface area contributed by atoms with Gasteiger partial charge < -0.3 is 9.80 Å². The molecule has 0 aliphatic carbocycles. The zero-order chi connectivity index (χ0) is 25.4. The number of nitrogens with zero attached hydrogens (tertiary/aromatic N) is 2. The number of hydrogen-bond donors (Lipinski definition) is 0. The normalized spacial score (nSPS) is 15.2. The predicted octanol–water partition coefficient (Wildman–Crippen LogP) is 6.66. The minimum absolute atomic E-state index is 0.153. The van der Waals surface area contributed by atoms with Crippen molar-refractivity contribution in [3.8, 4) is 0 Å². The van der Waals surface area contributed by atoms with Crippen molar-refractivity contribution in [1.29, 1.82) is 0 Å². The standard InChI is InChI=1S/C32H23BrN2O2/c33-26-18-16-25(17-19-26)30-28-27(31(36)35(30)21-23-12-6-2-7-13-23)29(24-14-8-3-9-15-24)34(32(28)37)20-22-10-4-1-5-11-22/h1-19H,20-21H2. The second-order valence-corrected chi connectivity index (χ2v) is 9.99. The van der Waals surface area contributed by atoms with Crippen LogP contribution in [0.15, 0.2) is 131 Å². The van der Waals surface area contributed by atoms with Gasteiger partial charge in [-0.05, 0) is 34.4 Å². The molecule has 0 N–H and O–H groups in total. The number of benzene rings is 4. The fourth-order valence-electron chi connectivity index (χ4n) is 5.03. The predicted molar refractivity (Wildman–Crippen MR) is 148 cm³/mol. The van der Waals surface area contributed by atoms with Gasteiger partial charge in [0.1, 0.15) is 0 Å². The van der Waals surface area contributed by atoms with Crippen LogP contribution in [0.4, 0.5) is 0 Å². The topological polar surface area (TPSA) is 40.6 Å². The van der Waals surface area contributed by atoms with Crippen LogP contribution in [0.2, 0.25) is 0 Å². The van der Waals surface area contributed by atoms with E-state index in [1.807, 2.05) is 115 Å². The lowest BCUT2D eigenvalue weighted by Crippen LogP contribution is -2.29. The zero-order valence-electron chi connectivity index (χ0n) is 20.0. The Hall–Kier alpha value is -4.22. The first-order valence-electron chi connectivity index (χ1n) is 12.1. The molecule has 0 unspecified atom stereocenters. The summed E-state index contributed by atoms with van der Waals surface area (Å²) < 4.78 is 0.935. The Morgan fingerprint density at radius 1 is 0.486 bits per heavy atom. The molecule has 2 amide bonds. The lowest BCUT2D eigenvalue weighted by atomic mass is 10.0. The van der Waals surface area contributed by atoms with E-state index in [1.54, 1.807) is 9.80 Å². The van der Waals surface area contributed by atoms with Gasteiger partial charge in [-0.2, -0.15) is 0 Å². The lowest BCUT2D eigenvalue weighted by molar-refractivity contribution is -0.124. The smallest absolute Gasteiger partial charge is 0.261 e. The fraction of sp³-hybridized carbons (Fsp3) is 0.0625. The van der Waals surface area contributed by atoms with Crippen LogP contribution in [0.25, 0.3) is 11.4 Å². The molecule has 2 aliphatic rings. The molecule has 0 saturated carbocycles. The Bertz CT molecular complexity index is 1540. The highest BCUT2D eigenvalue weighted by Gasteiger charge is 2.48. The average molecular weight is 547 g/mol. The summed E-state index contributed by atoms with van der Waals surface area (Å²) in [5.74, 6) is -0.306. The van der Waals surface area contributed by atoms with Crippen LogP contribution in [0, 0.1) is 0 Å². The van der Waals surface area contributed by atoms with Crippen molar-refractivity contribution in [1.82, 2.24) is 9.80 Å². The van der Waals surface area contributed by atoms with Crippen molar-refractivity contribution in [3.63, 3.8) is 0 Å². The molecule has 5 heteroatoms. The largest absolute Gasteiger partial charge is 0.302 e. The molecule has 4 aromatic carbocycles. The zero-order valence-corrected chi connectivity index (χ0v) is 21.6. The van der Waals surface area contributed by atoms with Crippen LogP contribution in [-0.4, -0.2) is 21.6 Å². The van der Waals surface area contributed by atoms with Gasteiger partial charge in [-0.3, -0.25) is 9.59 Å². The molecule has 4 aromatic rings. The number of hydrogen-bond acceptors (Lipinski definition) is 2. The Morgan fingerprint density at radius 2 is 0.865 bits per heavy atom. The average Bonchev–Trinajstić information content (AvgIpc) is 3.37. The van der Waals surface area contributed by atoms with E-state index in [-0.39, 0.29) is 11.8 Å². The van der Waals surface area contributed by atoms with Gasteiger partial charge in [0.05, 0.1) is 35.6 Å². The van der Waals surface area contributed by atoms with Gasteiger partial charge in [-0.25, -0.2) is 0 Å². The van der Waals surface area contributed by atoms with Gasteiger partial charge >= 0.3 is 0 Å². The first kappa shape index (κ1) is 23.2. The maximum absolute atomic E-state index is 14.2. The first-order chi connectivity index (χ1) is 18.1. The van der Waals surface area contributed by atoms with E-state index in [0.717, 1.165) is 26.7 Å². The van der Waals surface area contributed by atoms with Crippen LogP contribution >= 0.6 is 15.9 Å². The molecule has 0 fully saturated rings. The minimum atomic E-state index is -0.153. The van der Waals surface area contributed by atoms with Crippen molar-refractivity contribution in [3.05, 3.63) is 153 Å². The van der Waals surface area contributed by atoms with Crippen LogP contribution in [0.3, 0.4) is 0 Å². The van der Waals surface area contributed by atoms with E-state index in [4.69, 9.17) is 0 Å². The fourth-order valence-corrected chi connectivity index (χ4v) is 5.30. The molecule has 2 heterocycles. The second kappa shape index (κ2) is 9.68. The van der Waals surface area contributed by atoms with Crippen LogP contribution < -0.4 is 0 Å². The van der Waals surface area contributed by atoms with E-state index in [2.05, 4.69) is 15.9 Å². The van der Waals surface area contributed by atoms with E-state index in [1.165, 1.54) is 0 Å². The molecule has 0 bridgehead atoms. The molecular weight excluding hydrogens is 524 g/mol. The van der Waals surface area contributed by atoms with Gasteiger partial charge in [0.15, 0.2) is 0 Å². The Labute approximate surface area is 224 Å². The van der Waals surface area contributed by atoms with E-state index >= 15 is 0 Å². The van der Waals surface area contributed by atoms with Crippen molar-refractivity contribution in [2.45, 2.75) is 13.1 Å². The summed E-state index contributed by atoms with van der Waals surface area (Å²) in [6, 6.07) is 37.3. The number of carbonyl (C=O) groups is 2. The van der Waals surface area contributed by atoms with Gasteiger partial charge in [0, 0.05) is 4.47 Å². The maximum Gasteiger partial charge on any atom is 0.261 e. The minimum Gasteiger partial charge on any atom is -0.302 e. The summed E-state index contributed by atoms with van der Waals surface area (Å²) in [5.41, 5.74) is 5.95. The van der Waals surface area contributed by atoms with Gasteiger partial charge in [-0.15, -0.1) is 0 Å². The van der Waals surface area contributed by atoms with Crippen LogP contribution in [0.5, 0.6) is 0 Å². The third-order valence-corrected chi connectivity index (χ3v) is 7.24. The van der Waals surface area contributed by atoms with Gasteiger partial charge in [-0.1, -0.05) is 119 Å². The summed E-state index contributed by atoms with van der Waals surface area (Å²) in [6.45, 7) is 0.766. The van der Waals surface area contributed by atoms with Crippen molar-refractivity contribution in [2.75, 3.05) is 0 Å². The number of amides is 2. The summed E-state index contributed by atoms with van der Waals surface area (Å²) in [7, 11) is 0. The number of halogens is 1. The molecular formula is C32H23BrN2O2. The lowest BCUT2D eigenvalue weighted by Gasteiger charge is -2.25. The molecule has 37 heavy (non-hydrogen) atoms. The van der Waals surface area contributed by atoms with Crippen LogP contribution in [0.1, 0.15) is 22.3 Å². The number of fused-ring (bicyclic) bond motifs is 1. The highest BCUT2D eigenvalue weighted by atomic mass is 79.9. The highest BCUT2D eigenvalue weighted by molar-refractivity contribution is 9.10. The van der Waals surface area contributed by atoms with Crippen molar-refractivity contribution >= 4 is 39.1 Å². The quantitative estimate of drug-likeness (QED) is 0.271.